The normalized spacial score (nSPS) is 13.7. The summed E-state index contributed by atoms with van der Waals surface area (Å²) in [6.45, 7) is 1.47. The van der Waals surface area contributed by atoms with Crippen molar-refractivity contribution in [1.29, 1.82) is 0 Å². The number of nitrogens with zero attached hydrogens (tertiary/aromatic N) is 1. The molecule has 1 atom stereocenters. The molecule has 1 aliphatic heterocycles. The number of benzene rings is 3. The number of imide groups is 1. The molecule has 0 radical (unpaired) electrons. The third-order valence-electron chi connectivity index (χ3n) is 5.01. The van der Waals surface area contributed by atoms with Gasteiger partial charge in [0.25, 0.3) is 11.8 Å². The Morgan fingerprint density at radius 3 is 2.25 bits per heavy atom. The summed E-state index contributed by atoms with van der Waals surface area (Å²) in [7, 11) is 0. The Bertz CT molecular complexity index is 1270. The highest BCUT2D eigenvalue weighted by Gasteiger charge is 2.38. The largest absolute Gasteiger partial charge is 0.451 e. The first-order valence-corrected chi connectivity index (χ1v) is 10.3. The average Bonchev–Trinajstić information content (AvgIpc) is 3.05. The number of hydrogen-bond acceptors (Lipinski definition) is 5. The van der Waals surface area contributed by atoms with Gasteiger partial charge in [0.2, 0.25) is 5.78 Å². The van der Waals surface area contributed by atoms with Gasteiger partial charge < -0.3 is 4.74 Å². The van der Waals surface area contributed by atoms with Crippen LogP contribution in [0.15, 0.2) is 66.7 Å². The molecule has 32 heavy (non-hydrogen) atoms. The fourth-order valence-corrected chi connectivity index (χ4v) is 3.75. The fraction of sp³-hybridized carbons (Fsp3) is 0.0833. The Kier molecular flexibility index (Phi) is 5.82. The zero-order valence-corrected chi connectivity index (χ0v) is 18.2. The second-order valence-corrected chi connectivity index (χ2v) is 7.84. The number of carbonyl (C=O) groups is 4. The molecule has 0 aromatic heterocycles. The molecule has 1 unspecified atom stereocenters. The van der Waals surface area contributed by atoms with Crippen molar-refractivity contribution in [1.82, 2.24) is 0 Å². The Hall–Kier alpha value is -3.48. The first-order valence-electron chi connectivity index (χ1n) is 9.56. The lowest BCUT2D eigenvalue weighted by atomic mass is 10.1. The van der Waals surface area contributed by atoms with Gasteiger partial charge in [0.1, 0.15) is 0 Å². The average molecular weight is 468 g/mol. The number of fused-ring (bicyclic) bond motifs is 1. The zero-order chi connectivity index (χ0) is 23.0. The van der Waals surface area contributed by atoms with Crippen LogP contribution in [0.4, 0.5) is 5.69 Å². The Morgan fingerprint density at radius 1 is 0.844 bits per heavy atom. The second kappa shape index (κ2) is 8.57. The van der Waals surface area contributed by atoms with Gasteiger partial charge in [-0.3, -0.25) is 14.4 Å². The van der Waals surface area contributed by atoms with Crippen molar-refractivity contribution >= 4 is 52.5 Å². The highest BCUT2D eigenvalue weighted by molar-refractivity contribution is 6.46. The maximum atomic E-state index is 13.0. The van der Waals surface area contributed by atoms with E-state index in [-0.39, 0.29) is 38.2 Å². The Labute approximate surface area is 193 Å². The monoisotopic (exact) mass is 467 g/mol. The van der Waals surface area contributed by atoms with Crippen LogP contribution in [0, 0.1) is 0 Å². The summed E-state index contributed by atoms with van der Waals surface area (Å²) in [5, 5.41) is 0.263. The number of anilines is 1. The number of carbonyl (C=O) groups excluding carboxylic acids is 4. The van der Waals surface area contributed by atoms with Gasteiger partial charge in [-0.1, -0.05) is 59.6 Å². The number of Topliss-reactive ketones (excluding diaryl/α,β-unsaturated/α-hetero) is 1. The Morgan fingerprint density at radius 2 is 1.53 bits per heavy atom. The van der Waals surface area contributed by atoms with E-state index in [1.807, 2.05) is 0 Å². The van der Waals surface area contributed by atoms with Crippen molar-refractivity contribution in [3.8, 4) is 0 Å². The maximum Gasteiger partial charge on any atom is 0.338 e. The minimum atomic E-state index is -1.03. The first-order chi connectivity index (χ1) is 15.3. The highest BCUT2D eigenvalue weighted by Crippen LogP contribution is 2.37. The predicted molar refractivity (Wildman–Crippen MR) is 120 cm³/mol. The molecule has 160 valence electrons. The third kappa shape index (κ3) is 3.79. The molecule has 6 nitrogen and oxygen atoms in total. The van der Waals surface area contributed by atoms with Crippen LogP contribution in [-0.2, 0) is 4.74 Å². The summed E-state index contributed by atoms with van der Waals surface area (Å²) >= 11 is 12.2. The molecule has 0 bridgehead atoms. The summed E-state index contributed by atoms with van der Waals surface area (Å²) in [6, 6.07) is 17.1. The van der Waals surface area contributed by atoms with Crippen LogP contribution in [0.25, 0.3) is 0 Å². The van der Waals surface area contributed by atoms with Crippen LogP contribution in [0.5, 0.6) is 0 Å². The minimum Gasteiger partial charge on any atom is -0.451 e. The molecule has 3 aromatic carbocycles. The number of amides is 2. The molecular weight excluding hydrogens is 453 g/mol. The molecule has 0 saturated heterocycles. The van der Waals surface area contributed by atoms with E-state index in [0.717, 1.165) is 4.90 Å². The van der Waals surface area contributed by atoms with Crippen molar-refractivity contribution in [3.63, 3.8) is 0 Å². The Balaban J connectivity index is 1.58. The number of ether oxygens (including phenoxy) is 1. The molecule has 3 aromatic rings. The molecule has 0 spiro atoms. The van der Waals surface area contributed by atoms with Crippen molar-refractivity contribution in [2.24, 2.45) is 0 Å². The van der Waals surface area contributed by atoms with Gasteiger partial charge in [0, 0.05) is 5.56 Å². The SMILES string of the molecule is CC(OC(=O)c1ccc2c(c1)C(=O)N(c1cccc(Cl)c1Cl)C2=O)C(=O)c1ccccc1. The van der Waals surface area contributed by atoms with Crippen molar-refractivity contribution in [2.45, 2.75) is 13.0 Å². The van der Waals surface area contributed by atoms with Crippen LogP contribution >= 0.6 is 23.2 Å². The lowest BCUT2D eigenvalue weighted by Gasteiger charge is -2.15. The summed E-state index contributed by atoms with van der Waals surface area (Å²) in [5.41, 5.74) is 0.753. The van der Waals surface area contributed by atoms with Gasteiger partial charge in [-0.15, -0.1) is 0 Å². The summed E-state index contributed by atoms with van der Waals surface area (Å²) in [4.78, 5) is 51.7. The van der Waals surface area contributed by atoms with E-state index in [4.69, 9.17) is 27.9 Å². The summed E-state index contributed by atoms with van der Waals surface area (Å²) in [6.07, 6.45) is -1.03. The van der Waals surface area contributed by atoms with Gasteiger partial charge in [0.15, 0.2) is 6.10 Å². The molecular formula is C24H15Cl2NO5. The van der Waals surface area contributed by atoms with Crippen LogP contribution in [0.2, 0.25) is 10.0 Å². The van der Waals surface area contributed by atoms with Crippen molar-refractivity contribution in [3.05, 3.63) is 99.0 Å². The molecule has 1 aliphatic rings. The van der Waals surface area contributed by atoms with E-state index in [9.17, 15) is 19.2 Å². The molecule has 8 heteroatoms. The molecule has 0 fully saturated rings. The molecule has 2 amide bonds. The van der Waals surface area contributed by atoms with E-state index < -0.39 is 23.9 Å². The lowest BCUT2D eigenvalue weighted by Crippen LogP contribution is -2.29. The third-order valence-corrected chi connectivity index (χ3v) is 5.81. The predicted octanol–water partition coefficient (Wildman–Crippen LogP) is 5.22. The van der Waals surface area contributed by atoms with Crippen LogP contribution < -0.4 is 4.90 Å². The molecule has 0 aliphatic carbocycles. The number of halogens is 2. The van der Waals surface area contributed by atoms with Gasteiger partial charge in [-0.25, -0.2) is 9.69 Å². The summed E-state index contributed by atoms with van der Waals surface area (Å²) < 4.78 is 5.28. The maximum absolute atomic E-state index is 13.0. The standard InChI is InChI=1S/C24H15Cl2NO5/c1-13(21(28)14-6-3-2-4-7-14)32-24(31)15-10-11-16-17(12-15)23(30)27(22(16)29)19-9-5-8-18(25)20(19)26/h2-13H,1H3. The van der Waals surface area contributed by atoms with Crippen LogP contribution in [-0.4, -0.2) is 29.7 Å². The molecule has 1 heterocycles. The number of ketones is 1. The first kappa shape index (κ1) is 21.7. The number of hydrogen-bond donors (Lipinski definition) is 0. The van der Waals surface area contributed by atoms with E-state index in [0.29, 0.717) is 5.56 Å². The minimum absolute atomic E-state index is 0.0301. The van der Waals surface area contributed by atoms with E-state index in [1.165, 1.54) is 37.3 Å². The van der Waals surface area contributed by atoms with Crippen molar-refractivity contribution < 1.29 is 23.9 Å². The second-order valence-electron chi connectivity index (χ2n) is 7.06. The number of rotatable bonds is 5. The van der Waals surface area contributed by atoms with Gasteiger partial charge in [-0.2, -0.15) is 0 Å². The van der Waals surface area contributed by atoms with Gasteiger partial charge in [0.05, 0.1) is 32.4 Å². The number of esters is 1. The zero-order valence-electron chi connectivity index (χ0n) is 16.7. The topological polar surface area (TPSA) is 80.8 Å². The lowest BCUT2D eigenvalue weighted by molar-refractivity contribution is 0.0318. The fourth-order valence-electron chi connectivity index (χ4n) is 3.37. The molecule has 0 saturated carbocycles. The quantitative estimate of drug-likeness (QED) is 0.291. The molecule has 4 rings (SSSR count). The van der Waals surface area contributed by atoms with E-state index in [2.05, 4.69) is 0 Å². The molecule has 0 N–H and O–H groups in total. The van der Waals surface area contributed by atoms with Gasteiger partial charge >= 0.3 is 5.97 Å². The van der Waals surface area contributed by atoms with E-state index in [1.54, 1.807) is 36.4 Å². The smallest absolute Gasteiger partial charge is 0.338 e. The van der Waals surface area contributed by atoms with Crippen LogP contribution in [0.1, 0.15) is 48.4 Å². The highest BCUT2D eigenvalue weighted by atomic mass is 35.5. The van der Waals surface area contributed by atoms with Gasteiger partial charge in [-0.05, 0) is 37.3 Å². The van der Waals surface area contributed by atoms with Crippen LogP contribution in [0.3, 0.4) is 0 Å². The van der Waals surface area contributed by atoms with Crippen molar-refractivity contribution in [2.75, 3.05) is 4.90 Å². The van der Waals surface area contributed by atoms with E-state index >= 15 is 0 Å². The summed E-state index contributed by atoms with van der Waals surface area (Å²) in [5.74, 6) is -2.36.